The molecule has 0 saturated carbocycles. The van der Waals surface area contributed by atoms with Gasteiger partial charge in [0.1, 0.15) is 18.0 Å². The van der Waals surface area contributed by atoms with Crippen molar-refractivity contribution >= 4 is 21.6 Å². The van der Waals surface area contributed by atoms with Gasteiger partial charge in [-0.1, -0.05) is 30.3 Å². The molecule has 0 bridgehead atoms. The van der Waals surface area contributed by atoms with Gasteiger partial charge in [-0.3, -0.25) is 9.10 Å². The van der Waals surface area contributed by atoms with E-state index < -0.39 is 10.0 Å². The Kier molecular flexibility index (Phi) is 8.33. The van der Waals surface area contributed by atoms with Crippen molar-refractivity contribution < 1.29 is 22.7 Å². The van der Waals surface area contributed by atoms with Gasteiger partial charge in [0, 0.05) is 6.54 Å². The lowest BCUT2D eigenvalue weighted by Crippen LogP contribution is -2.40. The zero-order chi connectivity index (χ0) is 21.3. The summed E-state index contributed by atoms with van der Waals surface area (Å²) >= 11 is 0. The largest absolute Gasteiger partial charge is 0.496 e. The Bertz CT molecular complexity index is 915. The van der Waals surface area contributed by atoms with Crippen molar-refractivity contribution in [2.75, 3.05) is 37.4 Å². The molecule has 0 spiro atoms. The van der Waals surface area contributed by atoms with Crippen LogP contribution in [-0.2, 0) is 21.2 Å². The van der Waals surface area contributed by atoms with Crippen molar-refractivity contribution in [1.29, 1.82) is 0 Å². The molecule has 1 N–H and O–H groups in total. The second-order valence-corrected chi connectivity index (χ2v) is 8.34. The lowest BCUT2D eigenvalue weighted by Gasteiger charge is -2.24. The summed E-state index contributed by atoms with van der Waals surface area (Å²) in [7, 11) is -2.03. The minimum atomic E-state index is -3.66. The van der Waals surface area contributed by atoms with Crippen LogP contribution >= 0.6 is 0 Å². The van der Waals surface area contributed by atoms with E-state index in [2.05, 4.69) is 5.32 Å². The Hall–Kier alpha value is -2.74. The molecule has 158 valence electrons. The first kappa shape index (κ1) is 22.5. The molecule has 2 aromatic rings. The van der Waals surface area contributed by atoms with Crippen LogP contribution in [0.5, 0.6) is 11.5 Å². The molecule has 0 unspecified atom stereocenters. The fourth-order valence-corrected chi connectivity index (χ4v) is 3.78. The molecule has 2 rings (SSSR count). The van der Waals surface area contributed by atoms with Crippen molar-refractivity contribution in [2.24, 2.45) is 0 Å². The Morgan fingerprint density at radius 2 is 1.72 bits per heavy atom. The minimum Gasteiger partial charge on any atom is -0.496 e. The first-order valence-electron chi connectivity index (χ1n) is 9.45. The third-order valence-corrected chi connectivity index (χ3v) is 5.39. The quantitative estimate of drug-likeness (QED) is 0.565. The first-order valence-corrected chi connectivity index (χ1v) is 11.3. The minimum absolute atomic E-state index is 0.308. The Labute approximate surface area is 172 Å². The van der Waals surface area contributed by atoms with Gasteiger partial charge in [0.05, 0.1) is 25.7 Å². The lowest BCUT2D eigenvalue weighted by molar-refractivity contribution is -0.119. The number of nitrogens with zero attached hydrogens (tertiary/aromatic N) is 1. The van der Waals surface area contributed by atoms with E-state index in [9.17, 15) is 13.2 Å². The third kappa shape index (κ3) is 6.67. The van der Waals surface area contributed by atoms with Gasteiger partial charge >= 0.3 is 0 Å². The summed E-state index contributed by atoms with van der Waals surface area (Å²) in [5, 5.41) is 2.79. The number of anilines is 1. The number of hydrogen-bond donors (Lipinski definition) is 1. The predicted octanol–water partition coefficient (Wildman–Crippen LogP) is 2.61. The van der Waals surface area contributed by atoms with E-state index in [0.29, 0.717) is 31.0 Å². The predicted molar refractivity (Wildman–Crippen MR) is 114 cm³/mol. The van der Waals surface area contributed by atoms with Crippen LogP contribution in [0.3, 0.4) is 0 Å². The number of rotatable bonds is 11. The SMILES string of the molecule is CCOc1ccccc1N(CC(=O)NCCCc1ccccc1OC)S(C)(=O)=O. The number of nitrogens with one attached hydrogen (secondary N) is 1. The summed E-state index contributed by atoms with van der Waals surface area (Å²) in [6.07, 6.45) is 2.53. The van der Waals surface area contributed by atoms with E-state index >= 15 is 0 Å². The fourth-order valence-electron chi connectivity index (χ4n) is 2.92. The Morgan fingerprint density at radius 1 is 1.07 bits per heavy atom. The van der Waals surface area contributed by atoms with Crippen molar-refractivity contribution in [2.45, 2.75) is 19.8 Å². The van der Waals surface area contributed by atoms with Gasteiger partial charge in [0.2, 0.25) is 15.9 Å². The van der Waals surface area contributed by atoms with Crippen LogP contribution in [0, 0.1) is 0 Å². The molecule has 0 aromatic heterocycles. The molecule has 7 nitrogen and oxygen atoms in total. The van der Waals surface area contributed by atoms with Crippen LogP contribution in [0.2, 0.25) is 0 Å². The van der Waals surface area contributed by atoms with Gasteiger partial charge in [0.15, 0.2) is 0 Å². The maximum atomic E-state index is 12.4. The molecule has 0 atom stereocenters. The highest BCUT2D eigenvalue weighted by Gasteiger charge is 2.23. The Morgan fingerprint density at radius 3 is 2.38 bits per heavy atom. The molecule has 0 fully saturated rings. The van der Waals surface area contributed by atoms with Gasteiger partial charge in [-0.25, -0.2) is 8.42 Å². The van der Waals surface area contributed by atoms with E-state index in [1.807, 2.05) is 31.2 Å². The first-order chi connectivity index (χ1) is 13.9. The van der Waals surface area contributed by atoms with Crippen molar-refractivity contribution in [3.63, 3.8) is 0 Å². The molecule has 0 heterocycles. The maximum absolute atomic E-state index is 12.4. The number of carbonyl (C=O) groups excluding carboxylic acids is 1. The molecule has 29 heavy (non-hydrogen) atoms. The van der Waals surface area contributed by atoms with Gasteiger partial charge < -0.3 is 14.8 Å². The molecule has 0 aliphatic heterocycles. The topological polar surface area (TPSA) is 84.9 Å². The van der Waals surface area contributed by atoms with E-state index in [1.54, 1.807) is 31.4 Å². The summed E-state index contributed by atoms with van der Waals surface area (Å²) in [6, 6.07) is 14.5. The zero-order valence-corrected chi connectivity index (χ0v) is 17.9. The molecule has 0 aliphatic rings. The number of methoxy groups -OCH3 is 1. The monoisotopic (exact) mass is 420 g/mol. The highest BCUT2D eigenvalue weighted by Crippen LogP contribution is 2.29. The van der Waals surface area contributed by atoms with E-state index in [4.69, 9.17) is 9.47 Å². The van der Waals surface area contributed by atoms with Gasteiger partial charge in [-0.15, -0.1) is 0 Å². The summed E-state index contributed by atoms with van der Waals surface area (Å²) in [6.45, 7) is 2.33. The number of ether oxygens (including phenoxy) is 2. The molecule has 2 aromatic carbocycles. The highest BCUT2D eigenvalue weighted by atomic mass is 32.2. The maximum Gasteiger partial charge on any atom is 0.240 e. The standard InChI is InChI=1S/C21H28N2O5S/c1-4-28-20-14-8-6-12-18(20)23(29(3,25)26)16-21(24)22-15-9-11-17-10-5-7-13-19(17)27-2/h5-8,10,12-14H,4,9,11,15-16H2,1-3H3,(H,22,24). The van der Waals surface area contributed by atoms with E-state index in [-0.39, 0.29) is 12.5 Å². The van der Waals surface area contributed by atoms with Crippen LogP contribution in [0.1, 0.15) is 18.9 Å². The van der Waals surface area contributed by atoms with Gasteiger partial charge in [-0.05, 0) is 43.5 Å². The van der Waals surface area contributed by atoms with Gasteiger partial charge in [-0.2, -0.15) is 0 Å². The average molecular weight is 421 g/mol. The second kappa shape index (κ2) is 10.7. The van der Waals surface area contributed by atoms with Crippen molar-refractivity contribution in [3.8, 4) is 11.5 Å². The normalized spacial score (nSPS) is 11.0. The fraction of sp³-hybridized carbons (Fsp3) is 0.381. The van der Waals surface area contributed by atoms with Crippen LogP contribution < -0.4 is 19.1 Å². The average Bonchev–Trinajstić information content (AvgIpc) is 2.70. The van der Waals surface area contributed by atoms with E-state index in [1.165, 1.54) is 0 Å². The summed E-state index contributed by atoms with van der Waals surface area (Å²) in [5.41, 5.74) is 1.41. The molecular weight excluding hydrogens is 392 g/mol. The summed E-state index contributed by atoms with van der Waals surface area (Å²) in [5.74, 6) is 0.862. The Balaban J connectivity index is 1.97. The molecular formula is C21H28N2O5S. The third-order valence-electron chi connectivity index (χ3n) is 4.26. The number of carbonyl (C=O) groups is 1. The number of sulfonamides is 1. The molecule has 8 heteroatoms. The second-order valence-electron chi connectivity index (χ2n) is 6.44. The van der Waals surface area contributed by atoms with E-state index in [0.717, 1.165) is 28.3 Å². The van der Waals surface area contributed by atoms with Crippen LogP contribution in [0.25, 0.3) is 0 Å². The highest BCUT2D eigenvalue weighted by molar-refractivity contribution is 7.92. The van der Waals surface area contributed by atoms with Crippen LogP contribution in [0.15, 0.2) is 48.5 Å². The molecule has 0 radical (unpaired) electrons. The van der Waals surface area contributed by atoms with Crippen LogP contribution in [0.4, 0.5) is 5.69 Å². The number of benzene rings is 2. The number of para-hydroxylation sites is 3. The number of hydrogen-bond acceptors (Lipinski definition) is 5. The van der Waals surface area contributed by atoms with Gasteiger partial charge in [0.25, 0.3) is 0 Å². The number of amides is 1. The summed E-state index contributed by atoms with van der Waals surface area (Å²) < 4.78 is 36.5. The number of aryl methyl sites for hydroxylation is 1. The molecule has 0 aliphatic carbocycles. The van der Waals surface area contributed by atoms with Crippen LogP contribution in [-0.4, -0.2) is 47.4 Å². The van der Waals surface area contributed by atoms with Crippen molar-refractivity contribution in [3.05, 3.63) is 54.1 Å². The lowest BCUT2D eigenvalue weighted by atomic mass is 10.1. The zero-order valence-electron chi connectivity index (χ0n) is 17.1. The molecule has 1 amide bonds. The van der Waals surface area contributed by atoms with Crippen molar-refractivity contribution in [1.82, 2.24) is 5.32 Å². The smallest absolute Gasteiger partial charge is 0.240 e. The molecule has 0 saturated heterocycles. The summed E-state index contributed by atoms with van der Waals surface area (Å²) in [4.78, 5) is 12.4.